The molecule has 3 aliphatic carbocycles. The summed E-state index contributed by atoms with van der Waals surface area (Å²) in [5.74, 6) is 6.07. The van der Waals surface area contributed by atoms with E-state index in [1.807, 2.05) is 0 Å². The second-order valence-electron chi connectivity index (χ2n) is 7.51. The zero-order valence-electron chi connectivity index (χ0n) is 13.2. The van der Waals surface area contributed by atoms with Gasteiger partial charge in [0.05, 0.1) is 0 Å². The van der Waals surface area contributed by atoms with E-state index in [1.54, 1.807) is 0 Å². The number of fused-ring (bicyclic) bond motifs is 2. The lowest BCUT2D eigenvalue weighted by molar-refractivity contribution is 0.337. The third kappa shape index (κ3) is 2.39. The topological polar surface area (TPSA) is 55.0 Å². The molecule has 2 bridgehead atoms. The monoisotopic (exact) mass is 286 g/mol. The van der Waals surface area contributed by atoms with E-state index in [0.717, 1.165) is 41.5 Å². The zero-order chi connectivity index (χ0) is 14.6. The summed E-state index contributed by atoms with van der Waals surface area (Å²) in [4.78, 5) is 11.7. The molecule has 1 aromatic heterocycles. The molecule has 3 atom stereocenters. The second-order valence-corrected chi connectivity index (χ2v) is 7.51. The Labute approximate surface area is 127 Å². The van der Waals surface area contributed by atoms with Gasteiger partial charge in [-0.05, 0) is 56.8 Å². The number of aromatic nitrogens is 2. The van der Waals surface area contributed by atoms with E-state index in [9.17, 15) is 0 Å². The third-order valence-corrected chi connectivity index (χ3v) is 5.87. The van der Waals surface area contributed by atoms with Crippen LogP contribution in [0.3, 0.4) is 0 Å². The van der Waals surface area contributed by atoms with Crippen LogP contribution in [-0.4, -0.2) is 23.6 Å². The van der Waals surface area contributed by atoms with Crippen molar-refractivity contribution in [2.24, 2.45) is 17.8 Å². The minimum absolute atomic E-state index is 0.558. The summed E-state index contributed by atoms with van der Waals surface area (Å²) in [5, 5.41) is 0. The van der Waals surface area contributed by atoms with Crippen molar-refractivity contribution in [3.8, 4) is 0 Å². The predicted molar refractivity (Wildman–Crippen MR) is 85.4 cm³/mol. The van der Waals surface area contributed by atoms with Crippen LogP contribution in [0, 0.1) is 24.7 Å². The number of nitrogens with zero attached hydrogens (tertiary/aromatic N) is 3. The van der Waals surface area contributed by atoms with Crippen LogP contribution >= 0.6 is 0 Å². The highest BCUT2D eigenvalue weighted by Crippen LogP contribution is 2.48. The summed E-state index contributed by atoms with van der Waals surface area (Å²) >= 11 is 0. The normalized spacial score (nSPS) is 30.9. The van der Waals surface area contributed by atoms with Gasteiger partial charge in [0.15, 0.2) is 0 Å². The average molecular weight is 286 g/mol. The molecular formula is C17H26N4. The van der Waals surface area contributed by atoms with Crippen molar-refractivity contribution in [3.63, 3.8) is 0 Å². The van der Waals surface area contributed by atoms with E-state index < -0.39 is 0 Å². The molecule has 3 saturated carbocycles. The van der Waals surface area contributed by atoms with Gasteiger partial charge >= 0.3 is 0 Å². The average Bonchev–Trinajstić information content (AvgIpc) is 3.11. The summed E-state index contributed by atoms with van der Waals surface area (Å²) in [6.45, 7) is 3.18. The minimum atomic E-state index is 0.558. The summed E-state index contributed by atoms with van der Waals surface area (Å²) in [6, 6.07) is 0. The van der Waals surface area contributed by atoms with Gasteiger partial charge in [0.1, 0.15) is 17.5 Å². The zero-order valence-corrected chi connectivity index (χ0v) is 13.2. The van der Waals surface area contributed by atoms with Gasteiger partial charge < -0.3 is 10.6 Å². The fourth-order valence-electron chi connectivity index (χ4n) is 4.47. The van der Waals surface area contributed by atoms with Crippen LogP contribution in [0.15, 0.2) is 0 Å². The number of nitrogen functional groups attached to an aromatic ring is 1. The van der Waals surface area contributed by atoms with E-state index in [4.69, 9.17) is 10.7 Å². The van der Waals surface area contributed by atoms with Crippen molar-refractivity contribution in [2.45, 2.75) is 51.4 Å². The van der Waals surface area contributed by atoms with Gasteiger partial charge in [-0.15, -0.1) is 0 Å². The van der Waals surface area contributed by atoms with Crippen LogP contribution < -0.4 is 10.6 Å². The van der Waals surface area contributed by atoms with E-state index in [1.165, 1.54) is 38.5 Å². The highest BCUT2D eigenvalue weighted by Gasteiger charge is 2.40. The molecule has 4 heteroatoms. The molecule has 3 fully saturated rings. The molecule has 0 amide bonds. The molecular weight excluding hydrogens is 260 g/mol. The number of anilines is 2. The summed E-state index contributed by atoms with van der Waals surface area (Å²) in [6.07, 6.45) is 8.24. The Balaban J connectivity index is 1.54. The molecule has 1 heterocycles. The van der Waals surface area contributed by atoms with E-state index >= 15 is 0 Å². The molecule has 0 aromatic carbocycles. The van der Waals surface area contributed by atoms with Crippen LogP contribution in [0.25, 0.3) is 0 Å². The molecule has 0 aliphatic heterocycles. The highest BCUT2D eigenvalue weighted by molar-refractivity contribution is 5.56. The molecule has 0 spiro atoms. The SMILES string of the molecule is Cc1c(N)nc(C2CC2)nc1N(C)CC1CC2CCC1C2. The van der Waals surface area contributed by atoms with Crippen molar-refractivity contribution in [1.29, 1.82) is 0 Å². The first kappa shape index (κ1) is 13.4. The van der Waals surface area contributed by atoms with E-state index in [-0.39, 0.29) is 0 Å². The van der Waals surface area contributed by atoms with Crippen molar-refractivity contribution >= 4 is 11.6 Å². The van der Waals surface area contributed by atoms with Gasteiger partial charge in [0, 0.05) is 25.1 Å². The Kier molecular flexibility index (Phi) is 3.09. The molecule has 3 unspecified atom stereocenters. The molecule has 0 saturated heterocycles. The third-order valence-electron chi connectivity index (χ3n) is 5.87. The van der Waals surface area contributed by atoms with Crippen LogP contribution in [0.2, 0.25) is 0 Å². The number of hydrogen-bond acceptors (Lipinski definition) is 4. The molecule has 4 rings (SSSR count). The number of hydrogen-bond donors (Lipinski definition) is 1. The molecule has 1 aromatic rings. The Morgan fingerprint density at radius 3 is 2.57 bits per heavy atom. The Morgan fingerprint density at radius 2 is 1.95 bits per heavy atom. The second kappa shape index (κ2) is 4.85. The van der Waals surface area contributed by atoms with Gasteiger partial charge in [0.2, 0.25) is 0 Å². The maximum Gasteiger partial charge on any atom is 0.137 e. The fourth-order valence-corrected chi connectivity index (χ4v) is 4.47. The number of rotatable bonds is 4. The lowest BCUT2D eigenvalue weighted by Gasteiger charge is -2.29. The van der Waals surface area contributed by atoms with Crippen molar-refractivity contribution in [3.05, 3.63) is 11.4 Å². The van der Waals surface area contributed by atoms with Crippen molar-refractivity contribution < 1.29 is 0 Å². The van der Waals surface area contributed by atoms with Gasteiger partial charge in [0.25, 0.3) is 0 Å². The van der Waals surface area contributed by atoms with Crippen LogP contribution in [0.1, 0.15) is 55.8 Å². The Morgan fingerprint density at radius 1 is 1.14 bits per heavy atom. The van der Waals surface area contributed by atoms with E-state index in [0.29, 0.717) is 11.7 Å². The van der Waals surface area contributed by atoms with Crippen molar-refractivity contribution in [2.75, 3.05) is 24.2 Å². The summed E-state index contributed by atoms with van der Waals surface area (Å²) in [5.41, 5.74) is 7.16. The minimum Gasteiger partial charge on any atom is -0.383 e. The van der Waals surface area contributed by atoms with E-state index in [2.05, 4.69) is 23.9 Å². The fraction of sp³-hybridized carbons (Fsp3) is 0.765. The molecule has 0 radical (unpaired) electrons. The maximum atomic E-state index is 6.12. The molecule has 2 N–H and O–H groups in total. The van der Waals surface area contributed by atoms with Gasteiger partial charge in [-0.1, -0.05) is 6.42 Å². The van der Waals surface area contributed by atoms with Crippen molar-refractivity contribution in [1.82, 2.24) is 9.97 Å². The van der Waals surface area contributed by atoms with Crippen LogP contribution in [-0.2, 0) is 0 Å². The standard InChI is InChI=1S/C17H26N4/c1-10-15(18)19-16(12-5-6-12)20-17(10)21(2)9-14-8-11-3-4-13(14)7-11/h11-14H,3-9H2,1-2H3,(H2,18,19,20). The molecule has 114 valence electrons. The first-order valence-electron chi connectivity index (χ1n) is 8.47. The first-order chi connectivity index (χ1) is 10.1. The van der Waals surface area contributed by atoms with Crippen LogP contribution in [0.5, 0.6) is 0 Å². The van der Waals surface area contributed by atoms with Gasteiger partial charge in [-0.2, -0.15) is 0 Å². The smallest absolute Gasteiger partial charge is 0.137 e. The summed E-state index contributed by atoms with van der Waals surface area (Å²) in [7, 11) is 2.18. The van der Waals surface area contributed by atoms with Gasteiger partial charge in [-0.25, -0.2) is 9.97 Å². The first-order valence-corrected chi connectivity index (χ1v) is 8.47. The lowest BCUT2D eigenvalue weighted by atomic mass is 9.88. The summed E-state index contributed by atoms with van der Waals surface area (Å²) < 4.78 is 0. The number of nitrogens with two attached hydrogens (primary N) is 1. The Bertz CT molecular complexity index is 552. The van der Waals surface area contributed by atoms with Gasteiger partial charge in [-0.3, -0.25) is 0 Å². The van der Waals surface area contributed by atoms with Crippen LogP contribution in [0.4, 0.5) is 11.6 Å². The molecule has 3 aliphatic rings. The Hall–Kier alpha value is -1.32. The lowest BCUT2D eigenvalue weighted by Crippen LogP contribution is -2.30. The quantitative estimate of drug-likeness (QED) is 0.924. The predicted octanol–water partition coefficient (Wildman–Crippen LogP) is 3.12. The maximum absolute atomic E-state index is 6.12. The molecule has 4 nitrogen and oxygen atoms in total. The molecule has 21 heavy (non-hydrogen) atoms. The highest BCUT2D eigenvalue weighted by atomic mass is 15.2. The largest absolute Gasteiger partial charge is 0.383 e.